The first-order chi connectivity index (χ1) is 8.90. The summed E-state index contributed by atoms with van der Waals surface area (Å²) >= 11 is 3.08. The van der Waals surface area contributed by atoms with Crippen molar-refractivity contribution in [1.82, 2.24) is 0 Å². The van der Waals surface area contributed by atoms with E-state index in [0.29, 0.717) is 0 Å². The molecule has 0 spiro atoms. The van der Waals surface area contributed by atoms with Crippen LogP contribution in [-0.4, -0.2) is 52.4 Å². The van der Waals surface area contributed by atoms with Crippen LogP contribution in [0.1, 0.15) is 20.3 Å². The fourth-order valence-corrected chi connectivity index (χ4v) is 4.44. The highest BCUT2D eigenvalue weighted by Crippen LogP contribution is 2.37. The van der Waals surface area contributed by atoms with Crippen LogP contribution in [-0.2, 0) is 9.53 Å². The van der Waals surface area contributed by atoms with Crippen molar-refractivity contribution in [3.63, 3.8) is 0 Å². The van der Waals surface area contributed by atoms with E-state index in [4.69, 9.17) is 4.74 Å². The van der Waals surface area contributed by atoms with E-state index < -0.39 is 17.7 Å². The maximum absolute atomic E-state index is 13.8. The molecule has 0 N–H and O–H groups in total. The van der Waals surface area contributed by atoms with E-state index in [9.17, 15) is 9.18 Å². The number of esters is 1. The summed E-state index contributed by atoms with van der Waals surface area (Å²) < 4.78 is 18.6. The second kappa shape index (κ2) is 5.83. The molecule has 2 aliphatic heterocycles. The van der Waals surface area contributed by atoms with Crippen molar-refractivity contribution in [1.29, 1.82) is 0 Å². The number of rotatable bonds is 4. The normalized spacial score (nSPS) is 27.2. The van der Waals surface area contributed by atoms with Crippen LogP contribution in [0.25, 0.3) is 0 Å². The number of thioether (sulfide) groups is 2. The highest BCUT2D eigenvalue weighted by Gasteiger charge is 2.41. The van der Waals surface area contributed by atoms with E-state index in [-0.39, 0.29) is 11.7 Å². The zero-order valence-electron chi connectivity index (χ0n) is 11.2. The van der Waals surface area contributed by atoms with Crippen molar-refractivity contribution in [2.24, 2.45) is 9.98 Å². The third kappa shape index (κ3) is 3.72. The molecule has 4 nitrogen and oxygen atoms in total. The van der Waals surface area contributed by atoms with Gasteiger partial charge in [-0.1, -0.05) is 11.8 Å². The number of carbonyl (C=O) groups excluding carboxylic acids is 1. The average Bonchev–Trinajstić information content (AvgIpc) is 2.94. The summed E-state index contributed by atoms with van der Waals surface area (Å²) in [5, 5.41) is 1.41. The number of methoxy groups -OCH3 is 1. The van der Waals surface area contributed by atoms with Crippen LogP contribution in [0, 0.1) is 0 Å². The molecule has 19 heavy (non-hydrogen) atoms. The molecular formula is C12H17FN2O2S2. The van der Waals surface area contributed by atoms with Crippen LogP contribution in [0.3, 0.4) is 0 Å². The van der Waals surface area contributed by atoms with Crippen molar-refractivity contribution < 1.29 is 13.9 Å². The van der Waals surface area contributed by atoms with E-state index in [1.165, 1.54) is 32.7 Å². The highest BCUT2D eigenvalue weighted by molar-refractivity contribution is 8.25. The molecule has 0 aliphatic carbocycles. The summed E-state index contributed by atoms with van der Waals surface area (Å²) in [5.41, 5.74) is -1.33. The molecule has 0 aromatic rings. The molecule has 0 radical (unpaired) electrons. The first-order valence-corrected chi connectivity index (χ1v) is 7.96. The van der Waals surface area contributed by atoms with Gasteiger partial charge in [-0.3, -0.25) is 9.98 Å². The number of carbonyl (C=O) groups is 1. The molecule has 2 heterocycles. The Bertz CT molecular complexity index is 432. The van der Waals surface area contributed by atoms with E-state index >= 15 is 0 Å². The molecule has 7 heteroatoms. The smallest absolute Gasteiger partial charge is 0.331 e. The molecule has 2 aliphatic rings. The van der Waals surface area contributed by atoms with Crippen molar-refractivity contribution >= 4 is 39.6 Å². The van der Waals surface area contributed by atoms with Gasteiger partial charge in [-0.25, -0.2) is 9.18 Å². The SMILES string of the molecule is COC(=O)C1N=C(C2=NCCS2)SC1CC(C)(C)F. The minimum Gasteiger partial charge on any atom is -0.467 e. The molecule has 0 aromatic heterocycles. The Labute approximate surface area is 120 Å². The molecule has 0 saturated heterocycles. The van der Waals surface area contributed by atoms with Gasteiger partial charge < -0.3 is 4.74 Å². The zero-order valence-corrected chi connectivity index (χ0v) is 12.8. The molecule has 0 saturated carbocycles. The van der Waals surface area contributed by atoms with Crippen LogP contribution in [0.2, 0.25) is 0 Å². The number of halogens is 1. The Hall–Kier alpha value is -0.560. The predicted octanol–water partition coefficient (Wildman–Crippen LogP) is 2.33. The summed E-state index contributed by atoms with van der Waals surface area (Å²) in [6.45, 7) is 3.81. The van der Waals surface area contributed by atoms with Gasteiger partial charge in [0.1, 0.15) is 15.8 Å². The molecule has 106 valence electrons. The first kappa shape index (κ1) is 14.8. The lowest BCUT2D eigenvalue weighted by Crippen LogP contribution is -2.33. The molecule has 2 unspecified atom stereocenters. The number of ether oxygens (including phenoxy) is 1. The van der Waals surface area contributed by atoms with Crippen LogP contribution in [0.5, 0.6) is 0 Å². The minimum absolute atomic E-state index is 0.216. The largest absolute Gasteiger partial charge is 0.467 e. The number of nitrogens with zero attached hydrogens (tertiary/aromatic N) is 2. The quantitative estimate of drug-likeness (QED) is 0.748. The van der Waals surface area contributed by atoms with Gasteiger partial charge in [0.15, 0.2) is 6.04 Å². The van der Waals surface area contributed by atoms with Crippen molar-refractivity contribution in [3.05, 3.63) is 0 Å². The lowest BCUT2D eigenvalue weighted by atomic mass is 10.0. The van der Waals surface area contributed by atoms with Gasteiger partial charge in [0.05, 0.1) is 7.11 Å². The molecule has 0 fully saturated rings. The van der Waals surface area contributed by atoms with Crippen molar-refractivity contribution in [2.75, 3.05) is 19.4 Å². The molecule has 2 atom stereocenters. The van der Waals surface area contributed by atoms with Crippen molar-refractivity contribution in [3.8, 4) is 0 Å². The van der Waals surface area contributed by atoms with Crippen LogP contribution in [0.4, 0.5) is 4.39 Å². The van der Waals surface area contributed by atoms with E-state index in [1.54, 1.807) is 11.8 Å². The zero-order chi connectivity index (χ0) is 14.0. The Balaban J connectivity index is 2.15. The topological polar surface area (TPSA) is 51.0 Å². The van der Waals surface area contributed by atoms with E-state index in [1.807, 2.05) is 0 Å². The minimum atomic E-state index is -1.33. The fraction of sp³-hybridized carbons (Fsp3) is 0.750. The molecule has 2 rings (SSSR count). The lowest BCUT2D eigenvalue weighted by Gasteiger charge is -2.21. The summed E-state index contributed by atoms with van der Waals surface area (Å²) in [6.07, 6.45) is 0.266. The Kier molecular flexibility index (Phi) is 4.55. The number of aliphatic imine (C=N–C) groups is 2. The summed E-state index contributed by atoms with van der Waals surface area (Å²) in [4.78, 5) is 20.5. The summed E-state index contributed by atoms with van der Waals surface area (Å²) in [5.74, 6) is 0.539. The average molecular weight is 304 g/mol. The van der Waals surface area contributed by atoms with Gasteiger partial charge in [0.25, 0.3) is 0 Å². The Morgan fingerprint density at radius 2 is 2.26 bits per heavy atom. The van der Waals surface area contributed by atoms with E-state index in [0.717, 1.165) is 22.4 Å². The Morgan fingerprint density at radius 3 is 2.79 bits per heavy atom. The highest BCUT2D eigenvalue weighted by atomic mass is 32.2. The molecule has 0 amide bonds. The Morgan fingerprint density at radius 1 is 1.53 bits per heavy atom. The number of alkyl halides is 1. The van der Waals surface area contributed by atoms with Gasteiger partial charge >= 0.3 is 5.97 Å². The van der Waals surface area contributed by atoms with Gasteiger partial charge in [-0.05, 0) is 20.3 Å². The standard InChI is InChI=1S/C12H17FN2O2S2/c1-12(2,13)6-7-8(11(16)17-3)15-10(19-7)9-14-4-5-18-9/h7-8H,4-6H2,1-3H3. The van der Waals surface area contributed by atoms with E-state index in [2.05, 4.69) is 9.98 Å². The molecule has 0 bridgehead atoms. The second-order valence-electron chi connectivity index (χ2n) is 5.02. The van der Waals surface area contributed by atoms with Crippen LogP contribution >= 0.6 is 23.5 Å². The van der Waals surface area contributed by atoms with Gasteiger partial charge in [-0.15, -0.1) is 11.8 Å². The van der Waals surface area contributed by atoms with Crippen molar-refractivity contribution in [2.45, 2.75) is 37.2 Å². The van der Waals surface area contributed by atoms with Crippen LogP contribution < -0.4 is 0 Å². The van der Waals surface area contributed by atoms with Gasteiger partial charge in [0, 0.05) is 17.5 Å². The third-order valence-electron chi connectivity index (χ3n) is 2.77. The molecule has 0 aromatic carbocycles. The monoisotopic (exact) mass is 304 g/mol. The second-order valence-corrected chi connectivity index (χ2v) is 7.33. The van der Waals surface area contributed by atoms with Crippen LogP contribution in [0.15, 0.2) is 9.98 Å². The molecular weight excluding hydrogens is 287 g/mol. The fourth-order valence-electron chi connectivity index (χ4n) is 1.97. The summed E-state index contributed by atoms with van der Waals surface area (Å²) in [6, 6.07) is -0.621. The summed E-state index contributed by atoms with van der Waals surface area (Å²) in [7, 11) is 1.33. The first-order valence-electron chi connectivity index (χ1n) is 6.09. The maximum Gasteiger partial charge on any atom is 0.331 e. The number of hydrogen-bond acceptors (Lipinski definition) is 6. The predicted molar refractivity (Wildman–Crippen MR) is 79.2 cm³/mol. The lowest BCUT2D eigenvalue weighted by molar-refractivity contribution is -0.142. The third-order valence-corrected chi connectivity index (χ3v) is 5.13. The maximum atomic E-state index is 13.8. The van der Waals surface area contributed by atoms with Gasteiger partial charge in [-0.2, -0.15) is 0 Å². The number of hydrogen-bond donors (Lipinski definition) is 0. The van der Waals surface area contributed by atoms with Gasteiger partial charge in [0.2, 0.25) is 0 Å².